The van der Waals surface area contributed by atoms with Gasteiger partial charge in [-0.3, -0.25) is 0 Å². The molecule has 0 amide bonds. The first-order valence-corrected chi connectivity index (χ1v) is 5.00. The Balaban J connectivity index is 2.27. The molecule has 0 aliphatic rings. The summed E-state index contributed by atoms with van der Waals surface area (Å²) >= 11 is 0. The van der Waals surface area contributed by atoms with Gasteiger partial charge in [0, 0.05) is 13.3 Å². The summed E-state index contributed by atoms with van der Waals surface area (Å²) in [5.41, 5.74) is -0.102. The number of carboxylic acids is 1. The minimum absolute atomic E-state index is 0.0280. The zero-order valence-electron chi connectivity index (χ0n) is 9.46. The minimum Gasteiger partial charge on any atom is -0.477 e. The first kappa shape index (κ1) is 13.3. The Bertz CT molecular complexity index is 358. The van der Waals surface area contributed by atoms with Crippen molar-refractivity contribution < 1.29 is 24.1 Å². The maximum absolute atomic E-state index is 10.6. The van der Waals surface area contributed by atoms with Gasteiger partial charge in [-0.25, -0.2) is 9.78 Å². The fourth-order valence-electron chi connectivity index (χ4n) is 0.966. The summed E-state index contributed by atoms with van der Waals surface area (Å²) in [6.07, 6.45) is 1.33. The van der Waals surface area contributed by atoms with Crippen LogP contribution in [0.4, 0.5) is 0 Å². The molecule has 0 atom stereocenters. The average molecular weight is 242 g/mol. The lowest BCUT2D eigenvalue weighted by molar-refractivity contribution is 0.0526. The molecule has 1 aromatic heterocycles. The van der Waals surface area contributed by atoms with Gasteiger partial charge in [-0.15, -0.1) is 0 Å². The first-order chi connectivity index (χ1) is 8.24. The molecule has 7 nitrogen and oxygen atoms in total. The van der Waals surface area contributed by atoms with Gasteiger partial charge in [0.2, 0.25) is 0 Å². The molecule has 17 heavy (non-hydrogen) atoms. The van der Waals surface area contributed by atoms with E-state index < -0.39 is 5.97 Å². The molecule has 0 aliphatic heterocycles. The van der Waals surface area contributed by atoms with Crippen LogP contribution in [-0.2, 0) is 9.47 Å². The predicted octanol–water partition coefficient (Wildman–Crippen LogP) is 0.217. The van der Waals surface area contributed by atoms with E-state index in [1.165, 1.54) is 12.3 Å². The van der Waals surface area contributed by atoms with Crippen LogP contribution in [-0.4, -0.2) is 54.6 Å². The molecule has 0 saturated heterocycles. The Labute approximate surface area is 98.4 Å². The largest absolute Gasteiger partial charge is 0.477 e. The Hall–Kier alpha value is -1.73. The van der Waals surface area contributed by atoms with Crippen LogP contribution in [0.3, 0.4) is 0 Å². The van der Waals surface area contributed by atoms with Gasteiger partial charge >= 0.3 is 12.0 Å². The molecule has 7 heteroatoms. The van der Waals surface area contributed by atoms with E-state index >= 15 is 0 Å². The maximum Gasteiger partial charge on any atom is 0.354 e. The molecule has 1 heterocycles. The first-order valence-electron chi connectivity index (χ1n) is 5.00. The monoisotopic (exact) mass is 242 g/mol. The van der Waals surface area contributed by atoms with Crippen molar-refractivity contribution in [3.05, 3.63) is 18.0 Å². The number of carboxylic acid groups (broad SMARTS) is 1. The standard InChI is InChI=1S/C10H14N2O5/c1-15-4-5-16-6-7-17-10-11-3-2-8(12-10)9(13)14/h2-3H,4-7H2,1H3,(H,13,14). The lowest BCUT2D eigenvalue weighted by Gasteiger charge is -2.05. The lowest BCUT2D eigenvalue weighted by atomic mass is 10.4. The van der Waals surface area contributed by atoms with Crippen molar-refractivity contribution in [2.45, 2.75) is 0 Å². The maximum atomic E-state index is 10.6. The fraction of sp³-hybridized carbons (Fsp3) is 0.500. The molecule has 0 aromatic carbocycles. The van der Waals surface area contributed by atoms with Crippen molar-refractivity contribution in [1.29, 1.82) is 0 Å². The van der Waals surface area contributed by atoms with Gasteiger partial charge in [0.25, 0.3) is 0 Å². The van der Waals surface area contributed by atoms with Crippen LogP contribution in [0, 0.1) is 0 Å². The number of hydrogen-bond donors (Lipinski definition) is 1. The molecular weight excluding hydrogens is 228 g/mol. The second-order valence-electron chi connectivity index (χ2n) is 2.98. The molecule has 0 bridgehead atoms. The molecule has 1 rings (SSSR count). The van der Waals surface area contributed by atoms with Gasteiger partial charge in [0.05, 0.1) is 19.8 Å². The van der Waals surface area contributed by atoms with Crippen LogP contribution in [0.25, 0.3) is 0 Å². The number of carbonyl (C=O) groups is 1. The van der Waals surface area contributed by atoms with Crippen molar-refractivity contribution in [2.24, 2.45) is 0 Å². The Morgan fingerprint density at radius 2 is 2.12 bits per heavy atom. The highest BCUT2D eigenvalue weighted by atomic mass is 16.5. The second kappa shape index (κ2) is 7.53. The Morgan fingerprint density at radius 3 is 2.82 bits per heavy atom. The molecule has 0 fully saturated rings. The van der Waals surface area contributed by atoms with Crippen LogP contribution < -0.4 is 4.74 Å². The molecular formula is C10H14N2O5. The van der Waals surface area contributed by atoms with Crippen LogP contribution in [0.2, 0.25) is 0 Å². The normalized spacial score (nSPS) is 10.2. The summed E-state index contributed by atoms with van der Waals surface area (Å²) < 4.78 is 15.1. The van der Waals surface area contributed by atoms with Crippen molar-refractivity contribution in [3.63, 3.8) is 0 Å². The predicted molar refractivity (Wildman–Crippen MR) is 57.2 cm³/mol. The van der Waals surface area contributed by atoms with E-state index in [0.717, 1.165) is 0 Å². The molecule has 0 aliphatic carbocycles. The Morgan fingerprint density at radius 1 is 1.35 bits per heavy atom. The van der Waals surface area contributed by atoms with Gasteiger partial charge in [-0.2, -0.15) is 4.98 Å². The fourth-order valence-corrected chi connectivity index (χ4v) is 0.966. The molecule has 1 N–H and O–H groups in total. The second-order valence-corrected chi connectivity index (χ2v) is 2.98. The van der Waals surface area contributed by atoms with E-state index in [1.54, 1.807) is 7.11 Å². The summed E-state index contributed by atoms with van der Waals surface area (Å²) in [7, 11) is 1.59. The van der Waals surface area contributed by atoms with Crippen molar-refractivity contribution in [2.75, 3.05) is 33.5 Å². The number of methoxy groups -OCH3 is 1. The molecule has 0 radical (unpaired) electrons. The number of aromatic nitrogens is 2. The van der Waals surface area contributed by atoms with E-state index in [-0.39, 0.29) is 18.3 Å². The number of nitrogens with zero attached hydrogens (tertiary/aromatic N) is 2. The van der Waals surface area contributed by atoms with Crippen molar-refractivity contribution in [1.82, 2.24) is 9.97 Å². The molecule has 1 aromatic rings. The van der Waals surface area contributed by atoms with Gasteiger partial charge < -0.3 is 19.3 Å². The third-order valence-electron chi connectivity index (χ3n) is 1.74. The van der Waals surface area contributed by atoms with Gasteiger partial charge in [0.1, 0.15) is 6.61 Å². The van der Waals surface area contributed by atoms with Crippen LogP contribution in [0.15, 0.2) is 12.3 Å². The topological polar surface area (TPSA) is 90.8 Å². The van der Waals surface area contributed by atoms with Crippen molar-refractivity contribution in [3.8, 4) is 6.01 Å². The van der Waals surface area contributed by atoms with Crippen LogP contribution >= 0.6 is 0 Å². The summed E-state index contributed by atoms with van der Waals surface area (Å²) in [6, 6.07) is 1.32. The van der Waals surface area contributed by atoms with Crippen LogP contribution in [0.5, 0.6) is 6.01 Å². The molecule has 0 saturated carbocycles. The zero-order valence-corrected chi connectivity index (χ0v) is 9.46. The smallest absolute Gasteiger partial charge is 0.354 e. The minimum atomic E-state index is -1.12. The molecule has 0 spiro atoms. The third-order valence-corrected chi connectivity index (χ3v) is 1.74. The number of ether oxygens (including phenoxy) is 3. The highest BCUT2D eigenvalue weighted by Crippen LogP contribution is 2.02. The average Bonchev–Trinajstić information content (AvgIpc) is 2.34. The summed E-state index contributed by atoms with van der Waals surface area (Å²) in [5.74, 6) is -1.12. The lowest BCUT2D eigenvalue weighted by Crippen LogP contribution is -2.12. The van der Waals surface area contributed by atoms with E-state index in [4.69, 9.17) is 19.3 Å². The van der Waals surface area contributed by atoms with E-state index in [9.17, 15) is 4.79 Å². The highest BCUT2D eigenvalue weighted by Gasteiger charge is 2.06. The number of aromatic carboxylic acids is 1. The third kappa shape index (κ3) is 5.23. The van der Waals surface area contributed by atoms with E-state index in [0.29, 0.717) is 19.8 Å². The van der Waals surface area contributed by atoms with E-state index in [2.05, 4.69) is 9.97 Å². The summed E-state index contributed by atoms with van der Waals surface area (Å²) in [5, 5.41) is 8.69. The SMILES string of the molecule is COCCOCCOc1nccc(C(=O)O)n1. The summed E-state index contributed by atoms with van der Waals surface area (Å²) in [6.45, 7) is 1.62. The number of hydrogen-bond acceptors (Lipinski definition) is 6. The quantitative estimate of drug-likeness (QED) is 0.652. The highest BCUT2D eigenvalue weighted by molar-refractivity contribution is 5.85. The van der Waals surface area contributed by atoms with E-state index in [1.807, 2.05) is 0 Å². The molecule has 0 unspecified atom stereocenters. The van der Waals surface area contributed by atoms with Crippen molar-refractivity contribution >= 4 is 5.97 Å². The van der Waals surface area contributed by atoms with Gasteiger partial charge in [0.15, 0.2) is 5.69 Å². The molecule has 94 valence electrons. The Kier molecular flexibility index (Phi) is 5.91. The number of rotatable bonds is 8. The summed E-state index contributed by atoms with van der Waals surface area (Å²) in [4.78, 5) is 18.1. The van der Waals surface area contributed by atoms with Gasteiger partial charge in [-0.05, 0) is 6.07 Å². The van der Waals surface area contributed by atoms with Gasteiger partial charge in [-0.1, -0.05) is 0 Å². The zero-order chi connectivity index (χ0) is 12.5. The van der Waals surface area contributed by atoms with Crippen LogP contribution in [0.1, 0.15) is 10.5 Å².